The number of rotatable bonds is 2. The van der Waals surface area contributed by atoms with Crippen molar-refractivity contribution in [2.24, 2.45) is 0 Å². The van der Waals surface area contributed by atoms with Gasteiger partial charge in [0.2, 0.25) is 0 Å². The number of ketones is 1. The summed E-state index contributed by atoms with van der Waals surface area (Å²) in [6, 6.07) is 4.48. The lowest BCUT2D eigenvalue weighted by Crippen LogP contribution is -2.57. The molecular weight excluding hydrogens is 388 g/mol. The maximum absolute atomic E-state index is 13.3. The molecular formula is C21H26N4O5. The zero-order valence-electron chi connectivity index (χ0n) is 17.3. The van der Waals surface area contributed by atoms with Gasteiger partial charge in [-0.3, -0.25) is 4.79 Å². The fraction of sp³-hybridized carbons (Fsp3) is 0.524. The first kappa shape index (κ1) is 20.2. The zero-order valence-corrected chi connectivity index (χ0v) is 17.3. The molecule has 1 saturated heterocycles. The Kier molecular flexibility index (Phi) is 4.91. The molecule has 2 aliphatic heterocycles. The van der Waals surface area contributed by atoms with Gasteiger partial charge < -0.3 is 20.1 Å². The van der Waals surface area contributed by atoms with Crippen molar-refractivity contribution in [3.63, 3.8) is 0 Å². The minimum absolute atomic E-state index is 0.449. The number of fused-ring (bicyclic) bond motifs is 3. The van der Waals surface area contributed by atoms with Gasteiger partial charge in [-0.1, -0.05) is 12.1 Å². The summed E-state index contributed by atoms with van der Waals surface area (Å²) in [6.07, 6.45) is 1.70. The summed E-state index contributed by atoms with van der Waals surface area (Å²) in [6.45, 7) is 5.82. The summed E-state index contributed by atoms with van der Waals surface area (Å²) in [7, 11) is 0. The van der Waals surface area contributed by atoms with Crippen LogP contribution in [0, 0.1) is 0 Å². The highest BCUT2D eigenvalue weighted by Crippen LogP contribution is 2.37. The molecule has 4 rings (SSSR count). The minimum Gasteiger partial charge on any atom is -0.479 e. The first-order valence-corrected chi connectivity index (χ1v) is 10.2. The molecule has 0 radical (unpaired) electrons. The van der Waals surface area contributed by atoms with E-state index in [1.807, 2.05) is 24.3 Å². The normalized spacial score (nSPS) is 24.3. The molecule has 3 heterocycles. The molecule has 3 unspecified atom stereocenters. The number of hydrogen-bond donors (Lipinski definition) is 2. The van der Waals surface area contributed by atoms with Gasteiger partial charge in [0.1, 0.15) is 17.5 Å². The fourth-order valence-electron chi connectivity index (χ4n) is 4.26. The predicted molar refractivity (Wildman–Crippen MR) is 109 cm³/mol. The molecule has 2 aliphatic rings. The highest BCUT2D eigenvalue weighted by Gasteiger charge is 2.48. The van der Waals surface area contributed by atoms with Crippen molar-refractivity contribution < 1.29 is 24.2 Å². The number of nitrogens with one attached hydrogen (secondary N) is 1. The number of amides is 1. The molecule has 1 fully saturated rings. The zero-order chi connectivity index (χ0) is 21.6. The third kappa shape index (κ3) is 3.48. The predicted octanol–water partition coefficient (Wildman–Crippen LogP) is 2.81. The van der Waals surface area contributed by atoms with Crippen molar-refractivity contribution in [1.82, 2.24) is 14.7 Å². The molecule has 2 aromatic rings. The fourth-order valence-corrected chi connectivity index (χ4v) is 4.26. The van der Waals surface area contributed by atoms with Crippen molar-refractivity contribution in [3.8, 4) is 0 Å². The number of aliphatic carboxylic acids is 1. The molecule has 9 nitrogen and oxygen atoms in total. The second kappa shape index (κ2) is 7.30. The second-order valence-corrected chi connectivity index (χ2v) is 8.81. The number of carbonyl (C=O) groups is 3. The molecule has 160 valence electrons. The highest BCUT2D eigenvalue weighted by molar-refractivity contribution is 6.10. The summed E-state index contributed by atoms with van der Waals surface area (Å²) in [4.78, 5) is 39.6. The van der Waals surface area contributed by atoms with Gasteiger partial charge in [0.15, 0.2) is 11.8 Å². The van der Waals surface area contributed by atoms with Crippen LogP contribution in [0.1, 0.15) is 46.1 Å². The van der Waals surface area contributed by atoms with Gasteiger partial charge in [0.25, 0.3) is 0 Å². The number of ether oxygens (including phenoxy) is 1. The summed E-state index contributed by atoms with van der Waals surface area (Å²) in [5.74, 6) is -1.28. The molecule has 1 aromatic heterocycles. The van der Waals surface area contributed by atoms with Crippen molar-refractivity contribution in [2.45, 2.75) is 63.8 Å². The summed E-state index contributed by atoms with van der Waals surface area (Å²) in [5, 5.41) is 17.8. The SMILES string of the molecule is CC(C)(C)OC(=O)N1CCCCC1C1C(=O)C(C(=O)O)Nc2c3ccccc3nn21. The van der Waals surface area contributed by atoms with Gasteiger partial charge in [-0.05, 0) is 52.2 Å². The first-order chi connectivity index (χ1) is 14.2. The average Bonchev–Trinajstić information content (AvgIpc) is 3.04. The Morgan fingerprint density at radius 1 is 1.23 bits per heavy atom. The molecule has 0 spiro atoms. The van der Waals surface area contributed by atoms with Crippen LogP contribution < -0.4 is 5.32 Å². The van der Waals surface area contributed by atoms with Crippen LogP contribution in [0.3, 0.4) is 0 Å². The number of carbonyl (C=O) groups excluding carboxylic acids is 2. The van der Waals surface area contributed by atoms with Gasteiger partial charge in [-0.15, -0.1) is 0 Å². The van der Waals surface area contributed by atoms with Gasteiger partial charge in [0.05, 0.1) is 11.6 Å². The lowest BCUT2D eigenvalue weighted by atomic mass is 9.89. The Morgan fingerprint density at radius 3 is 2.67 bits per heavy atom. The number of anilines is 1. The van der Waals surface area contributed by atoms with E-state index in [0.29, 0.717) is 24.3 Å². The average molecular weight is 414 g/mol. The first-order valence-electron chi connectivity index (χ1n) is 10.2. The van der Waals surface area contributed by atoms with Crippen LogP contribution in [0.2, 0.25) is 0 Å². The van der Waals surface area contributed by atoms with E-state index in [1.165, 1.54) is 0 Å². The Labute approximate surface area is 174 Å². The van der Waals surface area contributed by atoms with Crippen LogP contribution in [-0.4, -0.2) is 61.9 Å². The van der Waals surface area contributed by atoms with Gasteiger partial charge in [-0.2, -0.15) is 5.10 Å². The van der Waals surface area contributed by atoms with Crippen LogP contribution >= 0.6 is 0 Å². The molecule has 0 aliphatic carbocycles. The van der Waals surface area contributed by atoms with Crippen molar-refractivity contribution >= 4 is 34.6 Å². The van der Waals surface area contributed by atoms with Crippen molar-refractivity contribution in [1.29, 1.82) is 0 Å². The summed E-state index contributed by atoms with van der Waals surface area (Å²) in [5.41, 5.74) is -0.0183. The second-order valence-electron chi connectivity index (χ2n) is 8.81. The van der Waals surface area contributed by atoms with E-state index in [1.54, 1.807) is 30.4 Å². The Morgan fingerprint density at radius 2 is 1.97 bits per heavy atom. The number of carboxylic acid groups (broad SMARTS) is 1. The van der Waals surface area contributed by atoms with E-state index in [0.717, 1.165) is 18.2 Å². The highest BCUT2D eigenvalue weighted by atomic mass is 16.6. The lowest BCUT2D eigenvalue weighted by molar-refractivity contribution is -0.143. The number of hydrogen-bond acceptors (Lipinski definition) is 6. The van der Waals surface area contributed by atoms with Gasteiger partial charge >= 0.3 is 12.1 Å². The molecule has 2 N–H and O–H groups in total. The number of nitrogens with zero attached hydrogens (tertiary/aromatic N) is 3. The number of Topliss-reactive ketones (excluding diaryl/α,β-unsaturated/α-hetero) is 1. The number of benzene rings is 1. The summed E-state index contributed by atoms with van der Waals surface area (Å²) >= 11 is 0. The standard InChI is InChI=1S/C21H26N4O5/c1-21(2,3)30-20(29)24-11-7-6-10-14(24)16-17(26)15(19(27)28)22-18-12-8-4-5-9-13(12)23-25(16)18/h4-5,8-9,14-16,22H,6-7,10-11H2,1-3H3,(H,27,28). The monoisotopic (exact) mass is 414 g/mol. The molecule has 30 heavy (non-hydrogen) atoms. The number of piperidine rings is 1. The molecule has 3 atom stereocenters. The van der Waals surface area contributed by atoms with Crippen LogP contribution in [0.4, 0.5) is 10.6 Å². The number of aromatic nitrogens is 2. The summed E-state index contributed by atoms with van der Waals surface area (Å²) < 4.78 is 7.12. The Hall–Kier alpha value is -3.10. The number of carboxylic acids is 1. The van der Waals surface area contributed by atoms with Gasteiger partial charge in [-0.25, -0.2) is 14.3 Å². The van der Waals surface area contributed by atoms with Crippen LogP contribution in [-0.2, 0) is 14.3 Å². The van der Waals surface area contributed by atoms with Crippen molar-refractivity contribution in [2.75, 3.05) is 11.9 Å². The van der Waals surface area contributed by atoms with E-state index in [4.69, 9.17) is 4.74 Å². The van der Waals surface area contributed by atoms with E-state index in [9.17, 15) is 19.5 Å². The van der Waals surface area contributed by atoms with E-state index >= 15 is 0 Å². The molecule has 1 aromatic carbocycles. The quantitative estimate of drug-likeness (QED) is 0.726. The molecule has 9 heteroatoms. The Bertz CT molecular complexity index is 1010. The third-order valence-electron chi connectivity index (χ3n) is 5.51. The maximum Gasteiger partial charge on any atom is 0.410 e. The van der Waals surface area contributed by atoms with E-state index in [-0.39, 0.29) is 0 Å². The van der Waals surface area contributed by atoms with Crippen molar-refractivity contribution in [3.05, 3.63) is 24.3 Å². The number of likely N-dealkylation sites (tertiary alicyclic amines) is 1. The largest absolute Gasteiger partial charge is 0.479 e. The van der Waals surface area contributed by atoms with E-state index in [2.05, 4.69) is 10.4 Å². The van der Waals surface area contributed by atoms with Crippen LogP contribution in [0.15, 0.2) is 24.3 Å². The van der Waals surface area contributed by atoms with Crippen LogP contribution in [0.5, 0.6) is 0 Å². The molecule has 0 bridgehead atoms. The smallest absolute Gasteiger partial charge is 0.410 e. The lowest BCUT2D eigenvalue weighted by Gasteiger charge is -2.42. The maximum atomic E-state index is 13.3. The molecule has 0 saturated carbocycles. The van der Waals surface area contributed by atoms with E-state index < -0.39 is 41.6 Å². The third-order valence-corrected chi connectivity index (χ3v) is 5.51. The van der Waals surface area contributed by atoms with Gasteiger partial charge in [0, 0.05) is 11.9 Å². The molecule has 1 amide bonds. The minimum atomic E-state index is -1.40. The topological polar surface area (TPSA) is 114 Å². The Balaban J connectivity index is 1.80. The van der Waals surface area contributed by atoms with Crippen LogP contribution in [0.25, 0.3) is 10.9 Å².